The molecule has 1 aliphatic carbocycles. The predicted molar refractivity (Wildman–Crippen MR) is 109 cm³/mol. The Labute approximate surface area is 162 Å². The zero-order chi connectivity index (χ0) is 17.9. The second-order valence-corrected chi connectivity index (χ2v) is 8.50. The van der Waals surface area contributed by atoms with Gasteiger partial charge in [-0.25, -0.2) is 4.98 Å². The fourth-order valence-corrected chi connectivity index (χ4v) is 5.00. The minimum Gasteiger partial charge on any atom is -0.349 e. The maximum Gasteiger partial charge on any atom is 0.226 e. The largest absolute Gasteiger partial charge is 0.349 e. The number of aromatic nitrogens is 1. The first-order chi connectivity index (χ1) is 12.7. The van der Waals surface area contributed by atoms with Gasteiger partial charge in [0.25, 0.3) is 0 Å². The summed E-state index contributed by atoms with van der Waals surface area (Å²) in [6.45, 7) is 2.06. The topological polar surface area (TPSA) is 42.0 Å². The number of carbonyl (C=O) groups is 1. The highest BCUT2D eigenvalue weighted by atomic mass is 32.1. The molecule has 3 aromatic rings. The van der Waals surface area contributed by atoms with Gasteiger partial charge in [-0.05, 0) is 60.7 Å². The third-order valence-corrected chi connectivity index (χ3v) is 6.54. The fourth-order valence-electron chi connectivity index (χ4n) is 3.47. The molecule has 5 heteroatoms. The van der Waals surface area contributed by atoms with Crippen LogP contribution in [0.5, 0.6) is 0 Å². The van der Waals surface area contributed by atoms with Crippen LogP contribution in [0, 0.1) is 0 Å². The number of thiophene rings is 1. The van der Waals surface area contributed by atoms with Crippen molar-refractivity contribution < 1.29 is 4.79 Å². The third-order valence-electron chi connectivity index (χ3n) is 4.91. The molecule has 0 saturated carbocycles. The molecule has 134 valence electrons. The van der Waals surface area contributed by atoms with E-state index in [9.17, 15) is 4.79 Å². The van der Waals surface area contributed by atoms with Crippen LogP contribution in [0.25, 0.3) is 10.6 Å². The van der Waals surface area contributed by atoms with E-state index in [1.807, 2.05) is 10.8 Å². The number of thiazole rings is 1. The van der Waals surface area contributed by atoms with E-state index in [-0.39, 0.29) is 11.9 Å². The molecule has 1 aliphatic rings. The maximum atomic E-state index is 12.4. The normalized spacial score (nSPS) is 14.7. The van der Waals surface area contributed by atoms with E-state index < -0.39 is 0 Å². The van der Waals surface area contributed by atoms with Crippen molar-refractivity contribution in [1.82, 2.24) is 10.3 Å². The van der Waals surface area contributed by atoms with Crippen LogP contribution in [-0.4, -0.2) is 10.9 Å². The Balaban J connectivity index is 1.38. The number of fused-ring (bicyclic) bond motifs is 1. The highest BCUT2D eigenvalue weighted by Gasteiger charge is 2.15. The van der Waals surface area contributed by atoms with Gasteiger partial charge in [0.2, 0.25) is 5.91 Å². The minimum absolute atomic E-state index is 0.0182. The van der Waals surface area contributed by atoms with Gasteiger partial charge in [-0.15, -0.1) is 11.3 Å². The van der Waals surface area contributed by atoms with Gasteiger partial charge in [-0.3, -0.25) is 4.79 Å². The fraction of sp³-hybridized carbons (Fsp3) is 0.333. The number of amides is 1. The number of hydrogen-bond donors (Lipinski definition) is 1. The van der Waals surface area contributed by atoms with Gasteiger partial charge in [0, 0.05) is 16.3 Å². The first-order valence-corrected chi connectivity index (χ1v) is 10.9. The molecule has 2 heterocycles. The predicted octanol–water partition coefficient (Wildman–Crippen LogP) is 5.17. The van der Waals surface area contributed by atoms with Gasteiger partial charge in [-0.2, -0.15) is 11.3 Å². The first kappa shape index (κ1) is 17.4. The second-order valence-electron chi connectivity index (χ2n) is 6.86. The van der Waals surface area contributed by atoms with Gasteiger partial charge < -0.3 is 5.32 Å². The van der Waals surface area contributed by atoms with Crippen molar-refractivity contribution in [2.75, 3.05) is 0 Å². The van der Waals surface area contributed by atoms with Crippen molar-refractivity contribution in [3.63, 3.8) is 0 Å². The van der Waals surface area contributed by atoms with Crippen molar-refractivity contribution in [3.05, 3.63) is 62.8 Å². The zero-order valence-corrected chi connectivity index (χ0v) is 16.5. The lowest BCUT2D eigenvalue weighted by Crippen LogP contribution is -2.28. The molecule has 1 atom stereocenters. The van der Waals surface area contributed by atoms with Crippen molar-refractivity contribution in [2.45, 2.75) is 45.1 Å². The van der Waals surface area contributed by atoms with E-state index in [0.717, 1.165) is 22.7 Å². The van der Waals surface area contributed by atoms with Crippen LogP contribution in [0.2, 0.25) is 0 Å². The van der Waals surface area contributed by atoms with Gasteiger partial charge in [0.05, 0.1) is 18.2 Å². The van der Waals surface area contributed by atoms with Crippen LogP contribution in [0.1, 0.15) is 48.2 Å². The monoisotopic (exact) mass is 382 g/mol. The van der Waals surface area contributed by atoms with Crippen LogP contribution in [0.3, 0.4) is 0 Å². The van der Waals surface area contributed by atoms with Crippen LogP contribution >= 0.6 is 22.7 Å². The van der Waals surface area contributed by atoms with Crippen LogP contribution < -0.4 is 5.32 Å². The average molecular weight is 383 g/mol. The second kappa shape index (κ2) is 7.72. The van der Waals surface area contributed by atoms with E-state index in [1.165, 1.54) is 36.0 Å². The molecule has 3 nitrogen and oxygen atoms in total. The molecule has 0 aliphatic heterocycles. The van der Waals surface area contributed by atoms with E-state index in [2.05, 4.69) is 46.9 Å². The summed E-state index contributed by atoms with van der Waals surface area (Å²) in [5.41, 5.74) is 6.09. The SMILES string of the molecule is CC(NC(=O)Cc1csc(-c2ccsc2)n1)c1ccc2c(c1)CCCC2. The molecule has 1 unspecified atom stereocenters. The lowest BCUT2D eigenvalue weighted by Gasteiger charge is -2.20. The van der Waals surface area contributed by atoms with Crippen LogP contribution in [0.4, 0.5) is 0 Å². The Morgan fingerprint density at radius 1 is 1.19 bits per heavy atom. The van der Waals surface area contributed by atoms with E-state index in [0.29, 0.717) is 6.42 Å². The summed E-state index contributed by atoms with van der Waals surface area (Å²) in [6.07, 6.45) is 5.24. The Morgan fingerprint density at radius 2 is 2.04 bits per heavy atom. The van der Waals surface area contributed by atoms with Gasteiger partial charge in [0.15, 0.2) is 0 Å². The van der Waals surface area contributed by atoms with Gasteiger partial charge >= 0.3 is 0 Å². The standard InChI is InChI=1S/C21H22N2OS2/c1-14(16-7-6-15-4-2-3-5-17(15)10-16)22-20(24)11-19-13-26-21(23-19)18-8-9-25-12-18/h6-10,12-14H,2-5,11H2,1H3,(H,22,24). The molecule has 2 aromatic heterocycles. The van der Waals surface area contributed by atoms with Gasteiger partial charge in [-0.1, -0.05) is 18.2 Å². The molecule has 0 fully saturated rings. The highest BCUT2D eigenvalue weighted by molar-refractivity contribution is 7.14. The molecule has 4 rings (SSSR count). The third kappa shape index (κ3) is 3.89. The minimum atomic E-state index is 0.0182. The van der Waals surface area contributed by atoms with Crippen molar-refractivity contribution in [2.24, 2.45) is 0 Å². The number of carbonyl (C=O) groups excluding carboxylic acids is 1. The number of nitrogens with one attached hydrogen (secondary N) is 1. The molecule has 0 saturated heterocycles. The van der Waals surface area contributed by atoms with E-state index >= 15 is 0 Å². The molecule has 1 aromatic carbocycles. The maximum absolute atomic E-state index is 12.4. The van der Waals surface area contributed by atoms with E-state index in [4.69, 9.17) is 0 Å². The highest BCUT2D eigenvalue weighted by Crippen LogP contribution is 2.27. The quantitative estimate of drug-likeness (QED) is 0.661. The summed E-state index contributed by atoms with van der Waals surface area (Å²) in [4.78, 5) is 17.0. The molecule has 0 radical (unpaired) electrons. The van der Waals surface area contributed by atoms with Crippen LogP contribution in [0.15, 0.2) is 40.4 Å². The van der Waals surface area contributed by atoms with E-state index in [1.54, 1.807) is 22.7 Å². The molecule has 1 N–H and O–H groups in total. The van der Waals surface area contributed by atoms with Crippen LogP contribution in [-0.2, 0) is 24.1 Å². The van der Waals surface area contributed by atoms with Crippen molar-refractivity contribution >= 4 is 28.6 Å². The molecular formula is C21H22N2OS2. The number of aryl methyl sites for hydroxylation is 2. The number of benzene rings is 1. The average Bonchev–Trinajstić information content (AvgIpc) is 3.32. The Morgan fingerprint density at radius 3 is 2.85 bits per heavy atom. The smallest absolute Gasteiger partial charge is 0.226 e. The lowest BCUT2D eigenvalue weighted by molar-refractivity contribution is -0.121. The summed E-state index contributed by atoms with van der Waals surface area (Å²) in [7, 11) is 0. The number of nitrogens with zero attached hydrogens (tertiary/aromatic N) is 1. The first-order valence-electron chi connectivity index (χ1n) is 9.07. The number of rotatable bonds is 5. The molecule has 26 heavy (non-hydrogen) atoms. The van der Waals surface area contributed by atoms with Crippen molar-refractivity contribution in [3.8, 4) is 10.6 Å². The summed E-state index contributed by atoms with van der Waals surface area (Å²) in [6, 6.07) is 8.75. The lowest BCUT2D eigenvalue weighted by atomic mass is 9.89. The summed E-state index contributed by atoms with van der Waals surface area (Å²) in [5.74, 6) is 0.0254. The molecule has 1 amide bonds. The molecule has 0 bridgehead atoms. The summed E-state index contributed by atoms with van der Waals surface area (Å²) in [5, 5.41) is 10.2. The Hall–Kier alpha value is -1.98. The zero-order valence-electron chi connectivity index (χ0n) is 14.8. The number of hydrogen-bond acceptors (Lipinski definition) is 4. The van der Waals surface area contributed by atoms with Crippen molar-refractivity contribution in [1.29, 1.82) is 0 Å². The molecule has 0 spiro atoms. The Kier molecular flexibility index (Phi) is 5.18. The summed E-state index contributed by atoms with van der Waals surface area (Å²) < 4.78 is 0. The van der Waals surface area contributed by atoms with Gasteiger partial charge in [0.1, 0.15) is 5.01 Å². The Bertz CT molecular complexity index is 899. The molecular weight excluding hydrogens is 360 g/mol. The summed E-state index contributed by atoms with van der Waals surface area (Å²) >= 11 is 3.26.